The van der Waals surface area contributed by atoms with Crippen LogP contribution in [0, 0.1) is 0 Å². The predicted octanol–water partition coefficient (Wildman–Crippen LogP) is 4.28. The Morgan fingerprint density at radius 2 is 1.74 bits per heavy atom. The Balaban J connectivity index is 2.13. The summed E-state index contributed by atoms with van der Waals surface area (Å²) in [5.41, 5.74) is 2.87. The molecule has 0 aliphatic rings. The predicted molar refractivity (Wildman–Crippen MR) is 93.3 cm³/mol. The van der Waals surface area contributed by atoms with Gasteiger partial charge in [0.1, 0.15) is 0 Å². The Morgan fingerprint density at radius 1 is 1.09 bits per heavy atom. The smallest absolute Gasteiger partial charge is 0.322 e. The van der Waals surface area contributed by atoms with Crippen LogP contribution in [0.1, 0.15) is 25.0 Å². The average Bonchev–Trinajstić information content (AvgIpc) is 2.55. The highest BCUT2D eigenvalue weighted by Crippen LogP contribution is 2.18. The van der Waals surface area contributed by atoms with Gasteiger partial charge in [-0.15, -0.1) is 0 Å². The molecule has 0 bridgehead atoms. The van der Waals surface area contributed by atoms with Crippen molar-refractivity contribution in [2.75, 3.05) is 12.4 Å². The van der Waals surface area contributed by atoms with Crippen molar-refractivity contribution < 1.29 is 9.53 Å². The number of urea groups is 1. The SMILES string of the molecule is COCc1ccccc1NC(=O)N(Cc1ccccc1)C(C)C. The van der Waals surface area contributed by atoms with Gasteiger partial charge in [0.05, 0.1) is 6.61 Å². The van der Waals surface area contributed by atoms with Crippen LogP contribution in [0.5, 0.6) is 0 Å². The molecule has 2 aromatic rings. The molecule has 0 unspecified atom stereocenters. The average molecular weight is 312 g/mol. The first-order chi connectivity index (χ1) is 11.1. The molecule has 0 aliphatic heterocycles. The maximum Gasteiger partial charge on any atom is 0.322 e. The van der Waals surface area contributed by atoms with Gasteiger partial charge in [0.2, 0.25) is 0 Å². The lowest BCUT2D eigenvalue weighted by atomic mass is 10.2. The van der Waals surface area contributed by atoms with E-state index in [1.165, 1.54) is 0 Å². The molecule has 23 heavy (non-hydrogen) atoms. The molecule has 0 atom stereocenters. The fourth-order valence-electron chi connectivity index (χ4n) is 2.38. The summed E-state index contributed by atoms with van der Waals surface area (Å²) in [5.74, 6) is 0. The van der Waals surface area contributed by atoms with E-state index in [0.29, 0.717) is 13.2 Å². The highest BCUT2D eigenvalue weighted by molar-refractivity contribution is 5.90. The number of para-hydroxylation sites is 1. The van der Waals surface area contributed by atoms with Gasteiger partial charge in [-0.25, -0.2) is 4.79 Å². The van der Waals surface area contributed by atoms with Crippen molar-refractivity contribution in [1.82, 2.24) is 4.90 Å². The van der Waals surface area contributed by atoms with Crippen LogP contribution in [0.4, 0.5) is 10.5 Å². The first-order valence-corrected chi connectivity index (χ1v) is 7.80. The van der Waals surface area contributed by atoms with Crippen LogP contribution in [0.15, 0.2) is 54.6 Å². The van der Waals surface area contributed by atoms with Crippen molar-refractivity contribution in [2.24, 2.45) is 0 Å². The van der Waals surface area contributed by atoms with Crippen molar-refractivity contribution in [1.29, 1.82) is 0 Å². The summed E-state index contributed by atoms with van der Waals surface area (Å²) in [5, 5.41) is 3.00. The van der Waals surface area contributed by atoms with Crippen LogP contribution in [-0.2, 0) is 17.9 Å². The number of methoxy groups -OCH3 is 1. The molecule has 0 spiro atoms. The number of ether oxygens (including phenoxy) is 1. The third-order valence-corrected chi connectivity index (χ3v) is 3.64. The van der Waals surface area contributed by atoms with Gasteiger partial charge in [0, 0.05) is 30.9 Å². The second-order valence-electron chi connectivity index (χ2n) is 5.73. The number of nitrogens with zero attached hydrogens (tertiary/aromatic N) is 1. The van der Waals surface area contributed by atoms with E-state index in [-0.39, 0.29) is 12.1 Å². The number of benzene rings is 2. The maximum absolute atomic E-state index is 12.7. The lowest BCUT2D eigenvalue weighted by Crippen LogP contribution is -2.39. The molecule has 122 valence electrons. The first-order valence-electron chi connectivity index (χ1n) is 7.80. The molecular weight excluding hydrogens is 288 g/mol. The highest BCUT2D eigenvalue weighted by atomic mass is 16.5. The summed E-state index contributed by atoms with van der Waals surface area (Å²) >= 11 is 0. The third-order valence-electron chi connectivity index (χ3n) is 3.64. The molecule has 0 saturated carbocycles. The van der Waals surface area contributed by atoms with Gasteiger partial charge in [-0.2, -0.15) is 0 Å². The quantitative estimate of drug-likeness (QED) is 0.865. The van der Waals surface area contributed by atoms with E-state index in [0.717, 1.165) is 16.8 Å². The Bertz CT molecular complexity index is 626. The molecule has 0 radical (unpaired) electrons. The number of carbonyl (C=O) groups is 1. The molecule has 2 aromatic carbocycles. The number of hydrogen-bond acceptors (Lipinski definition) is 2. The van der Waals surface area contributed by atoms with Crippen LogP contribution < -0.4 is 5.32 Å². The van der Waals surface area contributed by atoms with Gasteiger partial charge >= 0.3 is 6.03 Å². The Hall–Kier alpha value is -2.33. The van der Waals surface area contributed by atoms with E-state index in [9.17, 15) is 4.79 Å². The molecule has 4 nitrogen and oxygen atoms in total. The van der Waals surface area contributed by atoms with Crippen LogP contribution in [0.25, 0.3) is 0 Å². The molecule has 0 aliphatic carbocycles. The molecule has 2 rings (SSSR count). The Kier molecular flexibility index (Phi) is 6.18. The molecular formula is C19H24N2O2. The Morgan fingerprint density at radius 3 is 2.39 bits per heavy atom. The highest BCUT2D eigenvalue weighted by Gasteiger charge is 2.18. The number of rotatable bonds is 6. The van der Waals surface area contributed by atoms with Crippen molar-refractivity contribution in [3.8, 4) is 0 Å². The topological polar surface area (TPSA) is 41.6 Å². The zero-order valence-corrected chi connectivity index (χ0v) is 14.0. The summed E-state index contributed by atoms with van der Waals surface area (Å²) in [6, 6.07) is 17.7. The van der Waals surface area contributed by atoms with Gasteiger partial charge in [-0.1, -0.05) is 48.5 Å². The minimum Gasteiger partial charge on any atom is -0.380 e. The minimum absolute atomic E-state index is 0.102. The zero-order valence-electron chi connectivity index (χ0n) is 14.0. The molecule has 1 N–H and O–H groups in total. The summed E-state index contributed by atoms with van der Waals surface area (Å²) in [7, 11) is 1.65. The Labute approximate surface area is 138 Å². The van der Waals surface area contributed by atoms with E-state index >= 15 is 0 Å². The normalized spacial score (nSPS) is 10.6. The van der Waals surface area contributed by atoms with Crippen LogP contribution in [0.2, 0.25) is 0 Å². The minimum atomic E-state index is -0.104. The van der Waals surface area contributed by atoms with Crippen molar-refractivity contribution in [3.63, 3.8) is 0 Å². The van der Waals surface area contributed by atoms with E-state index in [1.807, 2.05) is 73.3 Å². The number of carbonyl (C=O) groups excluding carboxylic acids is 1. The van der Waals surface area contributed by atoms with E-state index in [4.69, 9.17) is 4.74 Å². The number of anilines is 1. The molecule has 4 heteroatoms. The third kappa shape index (κ3) is 4.83. The molecule has 0 fully saturated rings. The number of nitrogens with one attached hydrogen (secondary N) is 1. The summed E-state index contributed by atoms with van der Waals surface area (Å²) in [6.07, 6.45) is 0. The summed E-state index contributed by atoms with van der Waals surface area (Å²) in [6.45, 7) is 5.08. The van der Waals surface area contributed by atoms with Gasteiger partial charge in [0.25, 0.3) is 0 Å². The number of hydrogen-bond donors (Lipinski definition) is 1. The van der Waals surface area contributed by atoms with Gasteiger partial charge in [-0.3, -0.25) is 0 Å². The van der Waals surface area contributed by atoms with Crippen molar-refractivity contribution in [3.05, 3.63) is 65.7 Å². The second kappa shape index (κ2) is 8.34. The molecule has 2 amide bonds. The maximum atomic E-state index is 12.7. The molecule has 0 aromatic heterocycles. The molecule has 0 saturated heterocycles. The standard InChI is InChI=1S/C19H24N2O2/c1-15(2)21(13-16-9-5-4-6-10-16)19(22)20-18-12-8-7-11-17(18)14-23-3/h4-12,15H,13-14H2,1-3H3,(H,20,22). The van der Waals surface area contributed by atoms with Gasteiger partial charge in [-0.05, 0) is 25.5 Å². The zero-order chi connectivity index (χ0) is 16.7. The van der Waals surface area contributed by atoms with Crippen LogP contribution in [0.3, 0.4) is 0 Å². The van der Waals surface area contributed by atoms with E-state index in [2.05, 4.69) is 5.32 Å². The number of amides is 2. The monoisotopic (exact) mass is 312 g/mol. The fraction of sp³-hybridized carbons (Fsp3) is 0.316. The van der Waals surface area contributed by atoms with Crippen LogP contribution >= 0.6 is 0 Å². The second-order valence-corrected chi connectivity index (χ2v) is 5.73. The molecule has 0 heterocycles. The van der Waals surface area contributed by atoms with Crippen molar-refractivity contribution >= 4 is 11.7 Å². The largest absolute Gasteiger partial charge is 0.380 e. The first kappa shape index (κ1) is 17.0. The summed E-state index contributed by atoms with van der Waals surface area (Å²) < 4.78 is 5.19. The van der Waals surface area contributed by atoms with E-state index < -0.39 is 0 Å². The van der Waals surface area contributed by atoms with Crippen molar-refractivity contribution in [2.45, 2.75) is 33.0 Å². The lowest BCUT2D eigenvalue weighted by Gasteiger charge is -2.27. The summed E-state index contributed by atoms with van der Waals surface area (Å²) in [4.78, 5) is 14.5. The van der Waals surface area contributed by atoms with Gasteiger partial charge < -0.3 is 15.0 Å². The van der Waals surface area contributed by atoms with Gasteiger partial charge in [0.15, 0.2) is 0 Å². The lowest BCUT2D eigenvalue weighted by molar-refractivity contribution is 0.184. The van der Waals surface area contributed by atoms with E-state index in [1.54, 1.807) is 7.11 Å². The van der Waals surface area contributed by atoms with Crippen LogP contribution in [-0.4, -0.2) is 24.1 Å². The fourth-order valence-corrected chi connectivity index (χ4v) is 2.38.